The van der Waals surface area contributed by atoms with E-state index in [-0.39, 0.29) is 6.04 Å². The summed E-state index contributed by atoms with van der Waals surface area (Å²) in [5.41, 5.74) is 1.89. The van der Waals surface area contributed by atoms with Crippen molar-refractivity contribution in [2.45, 2.75) is 19.4 Å². The summed E-state index contributed by atoms with van der Waals surface area (Å²) in [5, 5.41) is 12.3. The number of halogens is 1. The van der Waals surface area contributed by atoms with Crippen molar-refractivity contribution in [3.8, 4) is 5.88 Å². The molecular weight excluding hydrogens is 276 g/mol. The highest BCUT2D eigenvalue weighted by Crippen LogP contribution is 2.22. The minimum Gasteiger partial charge on any atom is -0.480 e. The van der Waals surface area contributed by atoms with Crippen molar-refractivity contribution in [2.75, 3.05) is 13.7 Å². The Hall–Kier alpha value is -1.72. The molecule has 0 aliphatic rings. The number of rotatable bonds is 6. The van der Waals surface area contributed by atoms with Crippen LogP contribution < -0.4 is 10.1 Å². The summed E-state index contributed by atoms with van der Waals surface area (Å²) in [5.74, 6) is 0.506. The summed E-state index contributed by atoms with van der Waals surface area (Å²) in [6.07, 6.45) is 4.12. The zero-order valence-corrected chi connectivity index (χ0v) is 12.3. The minimum atomic E-state index is 0.0540. The number of methoxy groups -OCH3 is 1. The van der Waals surface area contributed by atoms with E-state index in [9.17, 15) is 0 Å². The first-order valence-electron chi connectivity index (χ1n) is 6.44. The van der Waals surface area contributed by atoms with Crippen LogP contribution in [0.4, 0.5) is 0 Å². The second-order valence-electron chi connectivity index (χ2n) is 4.28. The molecule has 5 nitrogen and oxygen atoms in total. The molecule has 2 aromatic rings. The fourth-order valence-corrected chi connectivity index (χ4v) is 2.14. The molecule has 0 aliphatic carbocycles. The molecule has 0 aromatic carbocycles. The van der Waals surface area contributed by atoms with Gasteiger partial charge in [0, 0.05) is 18.5 Å². The van der Waals surface area contributed by atoms with Crippen LogP contribution in [0.25, 0.3) is 0 Å². The van der Waals surface area contributed by atoms with Crippen molar-refractivity contribution in [3.63, 3.8) is 0 Å². The fraction of sp³-hybridized carbons (Fsp3) is 0.357. The van der Waals surface area contributed by atoms with Crippen molar-refractivity contribution in [2.24, 2.45) is 0 Å². The van der Waals surface area contributed by atoms with E-state index in [0.717, 1.165) is 24.2 Å². The maximum Gasteiger partial charge on any atom is 0.233 e. The standard InChI is InChI=1S/C14H17ClN4O/c1-3-17-13(8-10-6-7-16-9-11(10)15)12-4-5-14(20-2)19-18-12/h4-7,9,13,17H,3,8H2,1-2H3. The third-order valence-electron chi connectivity index (χ3n) is 2.96. The number of hydrogen-bond acceptors (Lipinski definition) is 5. The number of nitrogens with one attached hydrogen (secondary N) is 1. The summed E-state index contributed by atoms with van der Waals surface area (Å²) in [4.78, 5) is 4.00. The maximum absolute atomic E-state index is 6.16. The van der Waals surface area contributed by atoms with E-state index in [0.29, 0.717) is 10.9 Å². The van der Waals surface area contributed by atoms with Crippen molar-refractivity contribution < 1.29 is 4.74 Å². The molecular formula is C14H17ClN4O. The molecule has 0 bridgehead atoms. The highest BCUT2D eigenvalue weighted by Gasteiger charge is 2.15. The van der Waals surface area contributed by atoms with Gasteiger partial charge in [0.05, 0.1) is 23.9 Å². The van der Waals surface area contributed by atoms with E-state index in [2.05, 4.69) is 27.4 Å². The second kappa shape index (κ2) is 7.17. The van der Waals surface area contributed by atoms with E-state index in [1.165, 1.54) is 0 Å². The number of aromatic nitrogens is 3. The van der Waals surface area contributed by atoms with Crippen LogP contribution in [0.15, 0.2) is 30.6 Å². The SMILES string of the molecule is CCNC(Cc1ccncc1Cl)c1ccc(OC)nn1. The summed E-state index contributed by atoms with van der Waals surface area (Å²) in [6, 6.07) is 5.69. The minimum absolute atomic E-state index is 0.0540. The number of likely N-dealkylation sites (N-methyl/N-ethyl adjacent to an activating group) is 1. The topological polar surface area (TPSA) is 59.9 Å². The van der Waals surface area contributed by atoms with Crippen LogP contribution >= 0.6 is 11.6 Å². The largest absolute Gasteiger partial charge is 0.480 e. The Balaban J connectivity index is 2.19. The fourth-order valence-electron chi connectivity index (χ4n) is 1.94. The monoisotopic (exact) mass is 292 g/mol. The molecule has 0 aliphatic heterocycles. The van der Waals surface area contributed by atoms with E-state index in [4.69, 9.17) is 16.3 Å². The summed E-state index contributed by atoms with van der Waals surface area (Å²) >= 11 is 6.16. The average Bonchev–Trinajstić information content (AvgIpc) is 2.49. The molecule has 0 spiro atoms. The van der Waals surface area contributed by atoms with Crippen LogP contribution in [0, 0.1) is 0 Å². The van der Waals surface area contributed by atoms with Gasteiger partial charge in [0.15, 0.2) is 0 Å². The van der Waals surface area contributed by atoms with E-state index >= 15 is 0 Å². The molecule has 2 heterocycles. The Morgan fingerprint density at radius 3 is 2.75 bits per heavy atom. The number of hydrogen-bond donors (Lipinski definition) is 1. The van der Waals surface area contributed by atoms with Crippen LogP contribution in [0.2, 0.25) is 5.02 Å². The van der Waals surface area contributed by atoms with Gasteiger partial charge < -0.3 is 10.1 Å². The highest BCUT2D eigenvalue weighted by molar-refractivity contribution is 6.31. The van der Waals surface area contributed by atoms with Gasteiger partial charge in [0.2, 0.25) is 5.88 Å². The average molecular weight is 293 g/mol. The third-order valence-corrected chi connectivity index (χ3v) is 3.30. The zero-order valence-electron chi connectivity index (χ0n) is 11.5. The van der Waals surface area contributed by atoms with Crippen molar-refractivity contribution >= 4 is 11.6 Å². The molecule has 1 N–H and O–H groups in total. The van der Waals surface area contributed by atoms with Gasteiger partial charge in [-0.1, -0.05) is 18.5 Å². The van der Waals surface area contributed by atoms with Gasteiger partial charge in [0.1, 0.15) is 0 Å². The van der Waals surface area contributed by atoms with Gasteiger partial charge in [-0.2, -0.15) is 5.10 Å². The molecule has 1 atom stereocenters. The van der Waals surface area contributed by atoms with Crippen molar-refractivity contribution in [3.05, 3.63) is 46.9 Å². The molecule has 0 fully saturated rings. The van der Waals surface area contributed by atoms with Gasteiger partial charge in [-0.15, -0.1) is 5.10 Å². The smallest absolute Gasteiger partial charge is 0.233 e. The van der Waals surface area contributed by atoms with Gasteiger partial charge in [-0.05, 0) is 30.7 Å². The molecule has 0 saturated carbocycles. The van der Waals surface area contributed by atoms with Crippen LogP contribution in [-0.4, -0.2) is 28.8 Å². The van der Waals surface area contributed by atoms with Crippen molar-refractivity contribution in [1.82, 2.24) is 20.5 Å². The third kappa shape index (κ3) is 3.65. The Kier molecular flexibility index (Phi) is 5.26. The quantitative estimate of drug-likeness (QED) is 0.886. The maximum atomic E-state index is 6.16. The highest BCUT2D eigenvalue weighted by atomic mass is 35.5. The van der Waals surface area contributed by atoms with Gasteiger partial charge in [-0.3, -0.25) is 4.98 Å². The van der Waals surface area contributed by atoms with E-state index < -0.39 is 0 Å². The molecule has 20 heavy (non-hydrogen) atoms. The molecule has 2 rings (SSSR count). The lowest BCUT2D eigenvalue weighted by Crippen LogP contribution is -2.24. The molecule has 1 unspecified atom stereocenters. The molecule has 0 radical (unpaired) electrons. The molecule has 6 heteroatoms. The Morgan fingerprint density at radius 1 is 1.30 bits per heavy atom. The van der Waals surface area contributed by atoms with Crippen molar-refractivity contribution in [1.29, 1.82) is 0 Å². The van der Waals surface area contributed by atoms with Gasteiger partial charge in [0.25, 0.3) is 0 Å². The number of pyridine rings is 1. The summed E-state index contributed by atoms with van der Waals surface area (Å²) in [6.45, 7) is 2.89. The number of nitrogens with zero attached hydrogens (tertiary/aromatic N) is 3. The van der Waals surface area contributed by atoms with Crippen LogP contribution in [0.1, 0.15) is 24.2 Å². The lowest BCUT2D eigenvalue weighted by Gasteiger charge is -2.17. The number of ether oxygens (including phenoxy) is 1. The van der Waals surface area contributed by atoms with Crippen LogP contribution in [0.3, 0.4) is 0 Å². The normalized spacial score (nSPS) is 12.2. The zero-order chi connectivity index (χ0) is 14.4. The Labute approximate surface area is 123 Å². The molecule has 0 saturated heterocycles. The molecule has 0 amide bonds. The predicted octanol–water partition coefficient (Wildman–Crippen LogP) is 2.43. The van der Waals surface area contributed by atoms with Crippen LogP contribution in [-0.2, 0) is 6.42 Å². The Morgan fingerprint density at radius 2 is 2.15 bits per heavy atom. The molecule has 2 aromatic heterocycles. The molecule has 106 valence electrons. The van der Waals surface area contributed by atoms with E-state index in [1.807, 2.05) is 12.1 Å². The Bertz CT molecular complexity index is 547. The summed E-state index contributed by atoms with van der Waals surface area (Å²) < 4.78 is 5.02. The first kappa shape index (κ1) is 14.7. The second-order valence-corrected chi connectivity index (χ2v) is 4.69. The lowest BCUT2D eigenvalue weighted by molar-refractivity contribution is 0.389. The summed E-state index contributed by atoms with van der Waals surface area (Å²) in [7, 11) is 1.57. The van der Waals surface area contributed by atoms with Gasteiger partial charge >= 0.3 is 0 Å². The predicted molar refractivity (Wildman–Crippen MR) is 78.0 cm³/mol. The lowest BCUT2D eigenvalue weighted by atomic mass is 10.0. The van der Waals surface area contributed by atoms with Crippen LogP contribution in [0.5, 0.6) is 5.88 Å². The first-order chi connectivity index (χ1) is 9.74. The van der Waals surface area contributed by atoms with E-state index in [1.54, 1.807) is 25.6 Å². The first-order valence-corrected chi connectivity index (χ1v) is 6.81. The van der Waals surface area contributed by atoms with Gasteiger partial charge in [-0.25, -0.2) is 0 Å².